The molecule has 0 aromatic carbocycles. The summed E-state index contributed by atoms with van der Waals surface area (Å²) < 4.78 is 0.913. The van der Waals surface area contributed by atoms with Crippen molar-refractivity contribution in [3.63, 3.8) is 0 Å². The van der Waals surface area contributed by atoms with E-state index in [1.165, 1.54) is 12.8 Å². The monoisotopic (exact) mass is 275 g/mol. The van der Waals surface area contributed by atoms with Crippen molar-refractivity contribution in [2.75, 3.05) is 11.4 Å². The van der Waals surface area contributed by atoms with E-state index in [9.17, 15) is 0 Å². The Kier molecular flexibility index (Phi) is 2.93. The molecule has 0 N–H and O–H groups in total. The maximum absolute atomic E-state index is 5.77. The quantitative estimate of drug-likeness (QED) is 0.795. The van der Waals surface area contributed by atoms with Crippen molar-refractivity contribution in [2.45, 2.75) is 25.8 Å². The van der Waals surface area contributed by atoms with Gasteiger partial charge < -0.3 is 4.90 Å². The van der Waals surface area contributed by atoms with Crippen molar-refractivity contribution in [1.82, 2.24) is 9.97 Å². The van der Waals surface area contributed by atoms with Crippen LogP contribution in [0.15, 0.2) is 10.7 Å². The summed E-state index contributed by atoms with van der Waals surface area (Å²) in [6, 6.07) is 0.641. The lowest BCUT2D eigenvalue weighted by Crippen LogP contribution is -2.26. The van der Waals surface area contributed by atoms with Gasteiger partial charge in [-0.3, -0.25) is 0 Å². The Hall–Kier alpha value is -0.350. The third kappa shape index (κ3) is 2.01. The Morgan fingerprint density at radius 2 is 2.36 bits per heavy atom. The summed E-state index contributed by atoms with van der Waals surface area (Å²) in [5.41, 5.74) is 0. The first kappa shape index (κ1) is 10.2. The molecule has 0 spiro atoms. The van der Waals surface area contributed by atoms with Crippen LogP contribution in [0.5, 0.6) is 0 Å². The lowest BCUT2D eigenvalue weighted by molar-refractivity contribution is 0.801. The molecule has 0 atom stereocenters. The molecule has 3 nitrogen and oxygen atoms in total. The van der Waals surface area contributed by atoms with Gasteiger partial charge in [-0.05, 0) is 47.3 Å². The average molecular weight is 277 g/mol. The molecule has 1 aromatic rings. The van der Waals surface area contributed by atoms with Crippen molar-refractivity contribution in [1.29, 1.82) is 0 Å². The third-order valence-corrected chi connectivity index (χ3v) is 3.04. The van der Waals surface area contributed by atoms with Crippen LogP contribution in [-0.4, -0.2) is 22.6 Å². The van der Waals surface area contributed by atoms with Crippen molar-refractivity contribution in [3.8, 4) is 0 Å². The normalized spacial score (nSPS) is 15.6. The molecule has 1 fully saturated rings. The summed E-state index contributed by atoms with van der Waals surface area (Å²) in [4.78, 5) is 10.4. The molecule has 5 heteroatoms. The van der Waals surface area contributed by atoms with E-state index in [-0.39, 0.29) is 0 Å². The SMILES string of the molecule is CCN(c1nc(Cl)ncc1Br)C1CC1. The molecule has 1 aliphatic rings. The van der Waals surface area contributed by atoms with Crippen LogP contribution < -0.4 is 4.90 Å². The van der Waals surface area contributed by atoms with Crippen molar-refractivity contribution in [3.05, 3.63) is 16.0 Å². The van der Waals surface area contributed by atoms with Crippen LogP contribution in [0.25, 0.3) is 0 Å². The molecule has 1 aromatic heterocycles. The zero-order valence-corrected chi connectivity index (χ0v) is 10.2. The molecule has 76 valence electrons. The van der Waals surface area contributed by atoms with Gasteiger partial charge in [0.1, 0.15) is 5.82 Å². The number of anilines is 1. The molecular formula is C9H11BrClN3. The number of hydrogen-bond donors (Lipinski definition) is 0. The number of rotatable bonds is 3. The highest BCUT2D eigenvalue weighted by Gasteiger charge is 2.30. The Morgan fingerprint density at radius 3 is 2.93 bits per heavy atom. The van der Waals surface area contributed by atoms with E-state index in [2.05, 4.69) is 37.7 Å². The fourth-order valence-electron chi connectivity index (χ4n) is 1.51. The van der Waals surface area contributed by atoms with Gasteiger partial charge in [0.05, 0.1) is 4.47 Å². The number of halogens is 2. The molecule has 0 bridgehead atoms. The molecule has 0 aliphatic heterocycles. The molecule has 0 saturated heterocycles. The first-order valence-electron chi connectivity index (χ1n) is 4.67. The minimum absolute atomic E-state index is 0.308. The van der Waals surface area contributed by atoms with Crippen molar-refractivity contribution in [2.24, 2.45) is 0 Å². The molecule has 14 heavy (non-hydrogen) atoms. The summed E-state index contributed by atoms with van der Waals surface area (Å²) in [7, 11) is 0. The van der Waals surface area contributed by atoms with E-state index in [0.29, 0.717) is 11.3 Å². The summed E-state index contributed by atoms with van der Waals surface area (Å²) >= 11 is 9.22. The van der Waals surface area contributed by atoms with E-state index in [4.69, 9.17) is 11.6 Å². The van der Waals surface area contributed by atoms with Gasteiger partial charge in [0.15, 0.2) is 0 Å². The summed E-state index contributed by atoms with van der Waals surface area (Å²) in [6.45, 7) is 3.08. The first-order chi connectivity index (χ1) is 6.72. The van der Waals surface area contributed by atoms with Gasteiger partial charge in [-0.15, -0.1) is 0 Å². The molecule has 0 amide bonds. The highest BCUT2D eigenvalue weighted by atomic mass is 79.9. The van der Waals surface area contributed by atoms with Crippen LogP contribution in [0.1, 0.15) is 19.8 Å². The van der Waals surface area contributed by atoms with Crippen LogP contribution in [0, 0.1) is 0 Å². The van der Waals surface area contributed by atoms with Gasteiger partial charge in [-0.25, -0.2) is 4.98 Å². The van der Waals surface area contributed by atoms with Crippen LogP contribution in [-0.2, 0) is 0 Å². The highest BCUT2D eigenvalue weighted by molar-refractivity contribution is 9.10. The fraction of sp³-hybridized carbons (Fsp3) is 0.556. The smallest absolute Gasteiger partial charge is 0.224 e. The molecule has 2 rings (SSSR count). The lowest BCUT2D eigenvalue weighted by atomic mass is 10.4. The second-order valence-corrected chi connectivity index (χ2v) is 4.52. The molecule has 0 radical (unpaired) electrons. The predicted octanol–water partition coefficient (Wildman–Crippen LogP) is 2.88. The van der Waals surface area contributed by atoms with E-state index in [1.54, 1.807) is 6.20 Å². The van der Waals surface area contributed by atoms with Gasteiger partial charge in [0.25, 0.3) is 0 Å². The number of aromatic nitrogens is 2. The minimum atomic E-state index is 0.308. The Balaban J connectivity index is 2.32. The van der Waals surface area contributed by atoms with Crippen molar-refractivity contribution < 1.29 is 0 Å². The van der Waals surface area contributed by atoms with Gasteiger partial charge >= 0.3 is 0 Å². The third-order valence-electron chi connectivity index (χ3n) is 2.30. The van der Waals surface area contributed by atoms with Gasteiger partial charge in [0, 0.05) is 18.8 Å². The molecule has 1 aliphatic carbocycles. The second-order valence-electron chi connectivity index (χ2n) is 3.33. The van der Waals surface area contributed by atoms with Gasteiger partial charge in [-0.2, -0.15) is 4.98 Å². The Labute approximate surface area is 96.6 Å². The second kappa shape index (κ2) is 4.03. The van der Waals surface area contributed by atoms with Gasteiger partial charge in [-0.1, -0.05) is 0 Å². The number of nitrogens with zero attached hydrogens (tertiary/aromatic N) is 3. The zero-order valence-electron chi connectivity index (χ0n) is 7.87. The molecule has 1 heterocycles. The predicted molar refractivity (Wildman–Crippen MR) is 60.8 cm³/mol. The average Bonchev–Trinajstić information content (AvgIpc) is 2.96. The van der Waals surface area contributed by atoms with E-state index in [0.717, 1.165) is 16.8 Å². The maximum Gasteiger partial charge on any atom is 0.224 e. The summed E-state index contributed by atoms with van der Waals surface area (Å²) in [6.07, 6.45) is 4.21. The molecular weight excluding hydrogens is 265 g/mol. The van der Waals surface area contributed by atoms with E-state index < -0.39 is 0 Å². The number of hydrogen-bond acceptors (Lipinski definition) is 3. The Bertz CT molecular complexity index is 341. The molecule has 1 saturated carbocycles. The van der Waals surface area contributed by atoms with Crippen LogP contribution in [0.2, 0.25) is 5.28 Å². The fourth-order valence-corrected chi connectivity index (χ4v) is 2.05. The lowest BCUT2D eigenvalue weighted by Gasteiger charge is -2.22. The van der Waals surface area contributed by atoms with Crippen LogP contribution in [0.3, 0.4) is 0 Å². The van der Waals surface area contributed by atoms with Crippen LogP contribution in [0.4, 0.5) is 5.82 Å². The Morgan fingerprint density at radius 1 is 1.64 bits per heavy atom. The summed E-state index contributed by atoms with van der Waals surface area (Å²) in [5, 5.41) is 0.308. The van der Waals surface area contributed by atoms with Crippen LogP contribution >= 0.6 is 27.5 Å². The minimum Gasteiger partial charge on any atom is -0.353 e. The van der Waals surface area contributed by atoms with Gasteiger partial charge in [0.2, 0.25) is 5.28 Å². The first-order valence-corrected chi connectivity index (χ1v) is 5.84. The van der Waals surface area contributed by atoms with E-state index >= 15 is 0 Å². The van der Waals surface area contributed by atoms with E-state index in [1.807, 2.05) is 0 Å². The highest BCUT2D eigenvalue weighted by Crippen LogP contribution is 2.34. The van der Waals surface area contributed by atoms with Crippen molar-refractivity contribution >= 4 is 33.3 Å². The zero-order chi connectivity index (χ0) is 10.1. The maximum atomic E-state index is 5.77. The summed E-state index contributed by atoms with van der Waals surface area (Å²) in [5.74, 6) is 0.912. The largest absolute Gasteiger partial charge is 0.353 e. The topological polar surface area (TPSA) is 29.0 Å². The molecule has 0 unspecified atom stereocenters. The standard InChI is InChI=1S/C9H11BrClN3/c1-2-14(6-3-4-6)8-7(10)5-12-9(11)13-8/h5-6H,2-4H2,1H3.